The molecule has 1 aromatic carbocycles. The minimum atomic E-state index is -4.16. The van der Waals surface area contributed by atoms with Gasteiger partial charge >= 0.3 is 6.18 Å². The number of rotatable bonds is 5. The molecule has 3 unspecified atom stereocenters. The quantitative estimate of drug-likeness (QED) is 0.442. The van der Waals surface area contributed by atoms with Crippen LogP contribution in [-0.2, 0) is 4.74 Å². The van der Waals surface area contributed by atoms with E-state index in [-0.39, 0.29) is 23.9 Å². The number of nitrogens with one attached hydrogen (secondary N) is 1. The predicted molar refractivity (Wildman–Crippen MR) is 108 cm³/mol. The molecule has 1 N–H and O–H groups in total. The van der Waals surface area contributed by atoms with Crippen molar-refractivity contribution in [2.45, 2.75) is 38.7 Å². The minimum absolute atomic E-state index is 0.0357. The number of nitrogens with zero attached hydrogens (tertiary/aromatic N) is 3. The first kappa shape index (κ1) is 22.8. The molecule has 0 aromatic heterocycles. The summed E-state index contributed by atoms with van der Waals surface area (Å²) < 4.78 is 57.1. The number of hydrogen-bond acceptors (Lipinski definition) is 3. The van der Waals surface area contributed by atoms with Crippen molar-refractivity contribution in [3.63, 3.8) is 0 Å². The highest BCUT2D eigenvalue weighted by molar-refractivity contribution is 5.80. The fourth-order valence-electron chi connectivity index (χ4n) is 4.09. The molecule has 2 aliphatic rings. The Balaban J connectivity index is 1.63. The van der Waals surface area contributed by atoms with Crippen molar-refractivity contribution in [2.75, 3.05) is 45.8 Å². The number of guanidine groups is 1. The Hall–Kier alpha value is -1.87. The number of hydrogen-bond donors (Lipinski definition) is 1. The minimum Gasteiger partial charge on any atom is -0.367 e. The van der Waals surface area contributed by atoms with Gasteiger partial charge in [-0.1, -0.05) is 12.1 Å². The second kappa shape index (κ2) is 9.96. The fourth-order valence-corrected chi connectivity index (χ4v) is 4.09. The van der Waals surface area contributed by atoms with Gasteiger partial charge in [-0.2, -0.15) is 13.2 Å². The number of halogens is 4. The molecule has 0 radical (unpaired) electrons. The van der Waals surface area contributed by atoms with Gasteiger partial charge in [0.2, 0.25) is 0 Å². The molecular formula is C21H30F4N4O. The lowest BCUT2D eigenvalue weighted by atomic mass is 10.1. The average Bonchev–Trinajstić information content (AvgIpc) is 3.10. The predicted octanol–water partition coefficient (Wildman–Crippen LogP) is 3.44. The second-order valence-electron chi connectivity index (χ2n) is 8.09. The Morgan fingerprint density at radius 2 is 1.93 bits per heavy atom. The standard InChI is InChI=1S/C21H30F4N4O/c1-3-26-20(27-10-16-8-9-28(12-16)14-21(23,24)25)29-11-15(2)30-19(13-29)17-4-6-18(22)7-5-17/h4-7,15-16,19H,3,8-14H2,1-2H3,(H,26,27). The Morgan fingerprint density at radius 1 is 1.20 bits per heavy atom. The van der Waals surface area contributed by atoms with Crippen molar-refractivity contribution < 1.29 is 22.3 Å². The molecule has 2 fully saturated rings. The Morgan fingerprint density at radius 3 is 2.60 bits per heavy atom. The first-order valence-corrected chi connectivity index (χ1v) is 10.5. The van der Waals surface area contributed by atoms with E-state index in [1.165, 1.54) is 17.0 Å². The zero-order valence-corrected chi connectivity index (χ0v) is 17.5. The van der Waals surface area contributed by atoms with E-state index in [4.69, 9.17) is 9.73 Å². The summed E-state index contributed by atoms with van der Waals surface area (Å²) in [4.78, 5) is 8.31. The highest BCUT2D eigenvalue weighted by atomic mass is 19.4. The van der Waals surface area contributed by atoms with Crippen molar-refractivity contribution in [3.05, 3.63) is 35.6 Å². The van der Waals surface area contributed by atoms with Crippen molar-refractivity contribution in [1.29, 1.82) is 0 Å². The molecular weight excluding hydrogens is 400 g/mol. The molecule has 2 saturated heterocycles. The second-order valence-corrected chi connectivity index (χ2v) is 8.09. The number of benzene rings is 1. The van der Waals surface area contributed by atoms with Gasteiger partial charge in [0.15, 0.2) is 5.96 Å². The molecule has 1 aromatic rings. The average molecular weight is 430 g/mol. The van der Waals surface area contributed by atoms with Crippen LogP contribution in [-0.4, -0.2) is 73.9 Å². The summed E-state index contributed by atoms with van der Waals surface area (Å²) in [6, 6.07) is 6.31. The van der Waals surface area contributed by atoms with E-state index in [0.717, 1.165) is 17.9 Å². The number of likely N-dealkylation sites (tertiary alicyclic amines) is 1. The molecule has 3 rings (SSSR count). The molecule has 0 aliphatic carbocycles. The van der Waals surface area contributed by atoms with Crippen LogP contribution in [0.25, 0.3) is 0 Å². The zero-order chi connectivity index (χ0) is 21.7. The van der Waals surface area contributed by atoms with Crippen LogP contribution in [0.1, 0.15) is 31.9 Å². The van der Waals surface area contributed by atoms with Crippen LogP contribution in [0.2, 0.25) is 0 Å². The van der Waals surface area contributed by atoms with Crippen LogP contribution in [0.3, 0.4) is 0 Å². The first-order valence-electron chi connectivity index (χ1n) is 10.5. The molecule has 0 amide bonds. The van der Waals surface area contributed by atoms with Gasteiger partial charge in [-0.25, -0.2) is 4.39 Å². The van der Waals surface area contributed by atoms with Crippen molar-refractivity contribution >= 4 is 5.96 Å². The number of morpholine rings is 1. The molecule has 2 aliphatic heterocycles. The molecule has 2 heterocycles. The van der Waals surface area contributed by atoms with Crippen LogP contribution >= 0.6 is 0 Å². The third kappa shape index (κ3) is 6.57. The van der Waals surface area contributed by atoms with Crippen LogP contribution in [0.15, 0.2) is 29.3 Å². The summed E-state index contributed by atoms with van der Waals surface area (Å²) in [5.41, 5.74) is 0.905. The van der Waals surface area contributed by atoms with Crippen LogP contribution < -0.4 is 5.32 Å². The summed E-state index contributed by atoms with van der Waals surface area (Å²) in [7, 11) is 0. The van der Waals surface area contributed by atoms with Gasteiger partial charge in [-0.05, 0) is 50.4 Å². The molecule has 0 spiro atoms. The summed E-state index contributed by atoms with van der Waals surface area (Å²) in [5, 5.41) is 3.29. The van der Waals surface area contributed by atoms with Gasteiger partial charge in [-0.15, -0.1) is 0 Å². The largest absolute Gasteiger partial charge is 0.401 e. The fraction of sp³-hybridized carbons (Fsp3) is 0.667. The summed E-state index contributed by atoms with van der Waals surface area (Å²) in [5.74, 6) is 0.576. The van der Waals surface area contributed by atoms with E-state index in [0.29, 0.717) is 39.3 Å². The third-order valence-electron chi connectivity index (χ3n) is 5.41. The maximum atomic E-state index is 13.3. The summed E-state index contributed by atoms with van der Waals surface area (Å²) >= 11 is 0. The van der Waals surface area contributed by atoms with E-state index < -0.39 is 12.7 Å². The van der Waals surface area contributed by atoms with Crippen molar-refractivity contribution in [3.8, 4) is 0 Å². The lowest BCUT2D eigenvalue weighted by molar-refractivity contribution is -0.143. The van der Waals surface area contributed by atoms with Gasteiger partial charge in [0, 0.05) is 26.2 Å². The van der Waals surface area contributed by atoms with E-state index in [9.17, 15) is 17.6 Å². The molecule has 0 bridgehead atoms. The lowest BCUT2D eigenvalue weighted by Crippen LogP contribution is -2.50. The van der Waals surface area contributed by atoms with Gasteiger partial charge in [-0.3, -0.25) is 9.89 Å². The zero-order valence-electron chi connectivity index (χ0n) is 17.5. The number of alkyl halides is 3. The van der Waals surface area contributed by atoms with Crippen LogP contribution in [0.5, 0.6) is 0 Å². The van der Waals surface area contributed by atoms with Crippen molar-refractivity contribution in [1.82, 2.24) is 15.1 Å². The monoisotopic (exact) mass is 430 g/mol. The highest BCUT2D eigenvalue weighted by Crippen LogP contribution is 2.26. The van der Waals surface area contributed by atoms with E-state index in [2.05, 4.69) is 10.2 Å². The lowest BCUT2D eigenvalue weighted by Gasteiger charge is -2.39. The van der Waals surface area contributed by atoms with Crippen LogP contribution in [0.4, 0.5) is 17.6 Å². The Labute approximate surface area is 175 Å². The van der Waals surface area contributed by atoms with E-state index in [1.807, 2.05) is 13.8 Å². The topological polar surface area (TPSA) is 40.1 Å². The smallest absolute Gasteiger partial charge is 0.367 e. The normalized spacial score (nSPS) is 26.3. The van der Waals surface area contributed by atoms with Crippen molar-refractivity contribution in [2.24, 2.45) is 10.9 Å². The van der Waals surface area contributed by atoms with E-state index >= 15 is 0 Å². The summed E-state index contributed by atoms with van der Waals surface area (Å²) in [6.07, 6.45) is -3.68. The third-order valence-corrected chi connectivity index (χ3v) is 5.41. The molecule has 9 heteroatoms. The van der Waals surface area contributed by atoms with Gasteiger partial charge in [0.05, 0.1) is 19.2 Å². The number of aliphatic imine (C=N–C) groups is 1. The SMILES string of the molecule is CCNC(=NCC1CCN(CC(F)(F)F)C1)N1CC(C)OC(c2ccc(F)cc2)C1. The molecule has 168 valence electrons. The molecule has 5 nitrogen and oxygen atoms in total. The molecule has 0 saturated carbocycles. The summed E-state index contributed by atoms with van der Waals surface area (Å²) in [6.45, 7) is 6.41. The van der Waals surface area contributed by atoms with Gasteiger partial charge in [0.1, 0.15) is 11.9 Å². The number of ether oxygens (including phenoxy) is 1. The molecule has 30 heavy (non-hydrogen) atoms. The maximum absolute atomic E-state index is 13.3. The van der Waals surface area contributed by atoms with Gasteiger partial charge < -0.3 is 15.0 Å². The first-order chi connectivity index (χ1) is 14.2. The highest BCUT2D eigenvalue weighted by Gasteiger charge is 2.34. The Bertz CT molecular complexity index is 710. The Kier molecular flexibility index (Phi) is 7.57. The van der Waals surface area contributed by atoms with E-state index in [1.54, 1.807) is 12.1 Å². The van der Waals surface area contributed by atoms with Gasteiger partial charge in [0.25, 0.3) is 0 Å². The molecule has 3 atom stereocenters. The van der Waals surface area contributed by atoms with Crippen LogP contribution in [0, 0.1) is 11.7 Å². The maximum Gasteiger partial charge on any atom is 0.401 e.